The van der Waals surface area contributed by atoms with E-state index < -0.39 is 0 Å². The summed E-state index contributed by atoms with van der Waals surface area (Å²) in [6.45, 7) is 2.97. The van der Waals surface area contributed by atoms with Gasteiger partial charge in [-0.05, 0) is 36.6 Å². The lowest BCUT2D eigenvalue weighted by molar-refractivity contribution is 0.629. The van der Waals surface area contributed by atoms with Gasteiger partial charge in [0, 0.05) is 41.0 Å². The summed E-state index contributed by atoms with van der Waals surface area (Å²) in [4.78, 5) is 5.41. The van der Waals surface area contributed by atoms with Crippen molar-refractivity contribution >= 4 is 21.4 Å². The van der Waals surface area contributed by atoms with E-state index in [9.17, 15) is 4.39 Å². The zero-order valence-electron chi connectivity index (χ0n) is 11.2. The minimum atomic E-state index is -0.211. The molecule has 0 saturated heterocycles. The van der Waals surface area contributed by atoms with Gasteiger partial charge in [0.1, 0.15) is 11.6 Å². The molecule has 0 bridgehead atoms. The van der Waals surface area contributed by atoms with Crippen molar-refractivity contribution in [2.24, 2.45) is 5.73 Å². The van der Waals surface area contributed by atoms with Crippen LogP contribution >= 0.6 is 11.3 Å². The second-order valence-corrected chi connectivity index (χ2v) is 5.89. The third-order valence-corrected chi connectivity index (χ3v) is 4.66. The van der Waals surface area contributed by atoms with Crippen molar-refractivity contribution in [1.29, 1.82) is 0 Å². The number of nitrogens with zero attached hydrogens (tertiary/aromatic N) is 2. The average Bonchev–Trinajstić information content (AvgIpc) is 3.04. The maximum absolute atomic E-state index is 13.2. The lowest BCUT2D eigenvalue weighted by Crippen LogP contribution is -2.15. The molecular formula is C15H16FN3S. The van der Waals surface area contributed by atoms with Crippen LogP contribution in [0.5, 0.6) is 0 Å². The Kier molecular flexibility index (Phi) is 3.54. The van der Waals surface area contributed by atoms with E-state index >= 15 is 0 Å². The molecule has 5 heteroatoms. The van der Waals surface area contributed by atoms with Crippen LogP contribution in [0.1, 0.15) is 23.7 Å². The number of benzene rings is 1. The topological polar surface area (TPSA) is 43.8 Å². The summed E-state index contributed by atoms with van der Waals surface area (Å²) in [7, 11) is 0. The summed E-state index contributed by atoms with van der Waals surface area (Å²) in [6, 6.07) is 6.71. The van der Waals surface area contributed by atoms with Crippen molar-refractivity contribution in [3.05, 3.63) is 53.2 Å². The van der Waals surface area contributed by atoms with Gasteiger partial charge in [-0.15, -0.1) is 11.3 Å². The predicted molar refractivity (Wildman–Crippen MR) is 80.3 cm³/mol. The van der Waals surface area contributed by atoms with Crippen LogP contribution in [-0.4, -0.2) is 9.55 Å². The summed E-state index contributed by atoms with van der Waals surface area (Å²) in [5, 5.41) is 0.916. The van der Waals surface area contributed by atoms with E-state index in [1.54, 1.807) is 29.7 Å². The zero-order valence-corrected chi connectivity index (χ0v) is 12.0. The number of halogens is 1. The first kappa shape index (κ1) is 13.3. The lowest BCUT2D eigenvalue weighted by Gasteiger charge is -2.10. The molecule has 1 aromatic carbocycles. The van der Waals surface area contributed by atoms with Gasteiger partial charge in [0.2, 0.25) is 0 Å². The second-order valence-electron chi connectivity index (χ2n) is 4.77. The van der Waals surface area contributed by atoms with Crippen LogP contribution in [0.2, 0.25) is 0 Å². The Hall–Kier alpha value is -1.72. The van der Waals surface area contributed by atoms with Crippen LogP contribution in [0.15, 0.2) is 36.7 Å². The molecule has 104 valence electrons. The monoisotopic (exact) mass is 289 g/mol. The zero-order chi connectivity index (χ0) is 14.1. The van der Waals surface area contributed by atoms with Gasteiger partial charge in [-0.3, -0.25) is 0 Å². The first-order chi connectivity index (χ1) is 9.67. The first-order valence-electron chi connectivity index (χ1n) is 6.62. The number of rotatable bonds is 4. The predicted octanol–water partition coefficient (Wildman–Crippen LogP) is 3.50. The SMILES string of the molecule is CCn1ccnc1CC(N)c1cc2cc(F)ccc2s1. The van der Waals surface area contributed by atoms with Crippen LogP contribution < -0.4 is 5.73 Å². The highest BCUT2D eigenvalue weighted by Crippen LogP contribution is 2.30. The van der Waals surface area contributed by atoms with Crippen molar-refractivity contribution in [3.63, 3.8) is 0 Å². The molecule has 0 aliphatic rings. The van der Waals surface area contributed by atoms with Gasteiger partial charge in [0.05, 0.1) is 0 Å². The Balaban J connectivity index is 1.86. The Morgan fingerprint density at radius 1 is 1.40 bits per heavy atom. The molecule has 0 aliphatic carbocycles. The summed E-state index contributed by atoms with van der Waals surface area (Å²) in [6.07, 6.45) is 4.45. The fourth-order valence-corrected chi connectivity index (χ4v) is 3.38. The number of fused-ring (bicyclic) bond motifs is 1. The largest absolute Gasteiger partial charge is 0.335 e. The molecule has 0 spiro atoms. The van der Waals surface area contributed by atoms with Crippen LogP contribution in [0.25, 0.3) is 10.1 Å². The van der Waals surface area contributed by atoms with Crippen LogP contribution in [0, 0.1) is 5.82 Å². The molecule has 20 heavy (non-hydrogen) atoms. The molecule has 3 rings (SSSR count). The normalized spacial score (nSPS) is 12.9. The highest BCUT2D eigenvalue weighted by atomic mass is 32.1. The number of nitrogens with two attached hydrogens (primary N) is 1. The summed E-state index contributed by atoms with van der Waals surface area (Å²) in [5.41, 5.74) is 6.28. The molecule has 0 radical (unpaired) electrons. The van der Waals surface area contributed by atoms with E-state index in [1.807, 2.05) is 12.3 Å². The third-order valence-electron chi connectivity index (χ3n) is 3.41. The number of hydrogen-bond acceptors (Lipinski definition) is 3. The molecule has 1 atom stereocenters. The summed E-state index contributed by atoms with van der Waals surface area (Å²) < 4.78 is 16.4. The molecule has 1 unspecified atom stereocenters. The van der Waals surface area contributed by atoms with Crippen LogP contribution in [0.4, 0.5) is 4.39 Å². The standard InChI is InChI=1S/C15H16FN3S/c1-2-19-6-5-18-15(19)9-12(17)14-8-10-7-11(16)3-4-13(10)20-14/h3-8,12H,2,9,17H2,1H3. The molecule has 0 saturated carbocycles. The lowest BCUT2D eigenvalue weighted by atomic mass is 10.1. The van der Waals surface area contributed by atoms with E-state index in [0.717, 1.165) is 27.3 Å². The van der Waals surface area contributed by atoms with Crippen molar-refractivity contribution in [2.45, 2.75) is 25.9 Å². The van der Waals surface area contributed by atoms with Gasteiger partial charge in [0.25, 0.3) is 0 Å². The molecule has 3 nitrogen and oxygen atoms in total. The van der Waals surface area contributed by atoms with E-state index in [4.69, 9.17) is 5.73 Å². The Morgan fingerprint density at radius 2 is 2.25 bits per heavy atom. The number of hydrogen-bond donors (Lipinski definition) is 1. The van der Waals surface area contributed by atoms with E-state index in [-0.39, 0.29) is 11.9 Å². The van der Waals surface area contributed by atoms with E-state index in [0.29, 0.717) is 6.42 Å². The van der Waals surface area contributed by atoms with Gasteiger partial charge >= 0.3 is 0 Å². The smallest absolute Gasteiger partial charge is 0.123 e. The minimum absolute atomic E-state index is 0.108. The molecule has 0 aliphatic heterocycles. The van der Waals surface area contributed by atoms with Crippen molar-refractivity contribution in [3.8, 4) is 0 Å². The van der Waals surface area contributed by atoms with E-state index in [2.05, 4.69) is 16.5 Å². The van der Waals surface area contributed by atoms with Crippen LogP contribution in [-0.2, 0) is 13.0 Å². The minimum Gasteiger partial charge on any atom is -0.335 e. The highest BCUT2D eigenvalue weighted by Gasteiger charge is 2.14. The molecule has 3 aromatic rings. The molecule has 2 aromatic heterocycles. The summed E-state index contributed by atoms with van der Waals surface area (Å²) >= 11 is 1.62. The van der Waals surface area contributed by atoms with Gasteiger partial charge < -0.3 is 10.3 Å². The maximum atomic E-state index is 13.2. The van der Waals surface area contributed by atoms with Crippen molar-refractivity contribution in [2.75, 3.05) is 0 Å². The molecule has 2 N–H and O–H groups in total. The number of imidazole rings is 1. The second kappa shape index (κ2) is 5.34. The van der Waals surface area contributed by atoms with Gasteiger partial charge in [-0.2, -0.15) is 0 Å². The first-order valence-corrected chi connectivity index (χ1v) is 7.43. The Morgan fingerprint density at radius 3 is 3.05 bits per heavy atom. The molecule has 0 amide bonds. The molecular weight excluding hydrogens is 273 g/mol. The number of thiophene rings is 1. The van der Waals surface area contributed by atoms with Crippen LogP contribution in [0.3, 0.4) is 0 Å². The van der Waals surface area contributed by atoms with Gasteiger partial charge in [0.15, 0.2) is 0 Å². The fraction of sp³-hybridized carbons (Fsp3) is 0.267. The van der Waals surface area contributed by atoms with Gasteiger partial charge in [-0.1, -0.05) is 0 Å². The fourth-order valence-electron chi connectivity index (χ4n) is 2.33. The quantitative estimate of drug-likeness (QED) is 0.799. The van der Waals surface area contributed by atoms with Crippen molar-refractivity contribution < 1.29 is 4.39 Å². The van der Waals surface area contributed by atoms with Crippen molar-refractivity contribution in [1.82, 2.24) is 9.55 Å². The molecule has 0 fully saturated rings. The molecule has 2 heterocycles. The summed E-state index contributed by atoms with van der Waals surface area (Å²) in [5.74, 6) is 0.778. The Bertz CT molecular complexity index is 732. The highest BCUT2D eigenvalue weighted by molar-refractivity contribution is 7.19. The number of aromatic nitrogens is 2. The van der Waals surface area contributed by atoms with Gasteiger partial charge in [-0.25, -0.2) is 9.37 Å². The Labute approximate surface area is 120 Å². The third kappa shape index (κ3) is 2.46. The maximum Gasteiger partial charge on any atom is 0.123 e. The van der Waals surface area contributed by atoms with E-state index in [1.165, 1.54) is 6.07 Å². The average molecular weight is 289 g/mol. The number of aryl methyl sites for hydroxylation is 1.